The minimum absolute atomic E-state index is 0.0293. The molecule has 84 valence electrons. The van der Waals surface area contributed by atoms with Gasteiger partial charge in [-0.25, -0.2) is 0 Å². The molecule has 1 aromatic heterocycles. The van der Waals surface area contributed by atoms with Gasteiger partial charge in [0.15, 0.2) is 5.82 Å². The lowest BCUT2D eigenvalue weighted by atomic mass is 10.0. The molecule has 6 heteroatoms. The molecule has 2 N–H and O–H groups in total. The first-order chi connectivity index (χ1) is 7.13. The van der Waals surface area contributed by atoms with Crippen molar-refractivity contribution in [1.82, 2.24) is 25.9 Å². The van der Waals surface area contributed by atoms with Gasteiger partial charge in [-0.2, -0.15) is 5.21 Å². The van der Waals surface area contributed by atoms with Crippen LogP contribution in [0.2, 0.25) is 0 Å². The van der Waals surface area contributed by atoms with Gasteiger partial charge in [0, 0.05) is 6.42 Å². The van der Waals surface area contributed by atoms with Crippen molar-refractivity contribution in [2.24, 2.45) is 5.92 Å². The smallest absolute Gasteiger partial charge is 0.220 e. The topological polar surface area (TPSA) is 83.6 Å². The number of nitrogens with one attached hydrogen (secondary N) is 2. The maximum Gasteiger partial charge on any atom is 0.220 e. The number of carbonyl (C=O) groups excluding carboxylic acids is 1. The van der Waals surface area contributed by atoms with E-state index in [2.05, 4.69) is 39.8 Å². The zero-order chi connectivity index (χ0) is 11.3. The molecule has 1 aromatic rings. The van der Waals surface area contributed by atoms with E-state index in [1.54, 1.807) is 0 Å². The van der Waals surface area contributed by atoms with Crippen LogP contribution >= 0.6 is 0 Å². The van der Waals surface area contributed by atoms with Crippen molar-refractivity contribution in [1.29, 1.82) is 0 Å². The largest absolute Gasteiger partial charge is 0.346 e. The molecule has 2 atom stereocenters. The Balaban J connectivity index is 2.38. The highest BCUT2D eigenvalue weighted by molar-refractivity contribution is 5.76. The molecule has 2 unspecified atom stereocenters. The van der Waals surface area contributed by atoms with Gasteiger partial charge in [-0.05, 0) is 12.8 Å². The lowest BCUT2D eigenvalue weighted by Crippen LogP contribution is -2.28. The number of hydrogen-bond donors (Lipinski definition) is 2. The normalized spacial score (nSPS) is 14.6. The monoisotopic (exact) mass is 211 g/mol. The third kappa shape index (κ3) is 3.65. The molecule has 0 aliphatic carbocycles. The Kier molecular flexibility index (Phi) is 4.20. The van der Waals surface area contributed by atoms with Gasteiger partial charge in [-0.15, -0.1) is 10.2 Å². The predicted octanol–water partition coefficient (Wildman–Crippen LogP) is 0.813. The number of carbonyl (C=O) groups is 1. The quantitative estimate of drug-likeness (QED) is 0.755. The summed E-state index contributed by atoms with van der Waals surface area (Å²) < 4.78 is 0. The molecule has 1 heterocycles. The van der Waals surface area contributed by atoms with Crippen LogP contribution in [0.4, 0.5) is 0 Å². The minimum atomic E-state index is -0.194. The number of aromatic nitrogens is 4. The molecule has 0 aromatic carbocycles. The number of H-pyrrole nitrogens is 1. The molecule has 1 amide bonds. The van der Waals surface area contributed by atoms with Gasteiger partial charge in [-0.1, -0.05) is 25.5 Å². The number of hydrogen-bond acceptors (Lipinski definition) is 4. The second kappa shape index (κ2) is 5.43. The second-order valence-electron chi connectivity index (χ2n) is 3.78. The van der Waals surface area contributed by atoms with Crippen LogP contribution in [0.15, 0.2) is 0 Å². The van der Waals surface area contributed by atoms with E-state index < -0.39 is 0 Å². The molecule has 0 saturated heterocycles. The molecule has 1 rings (SSSR count). The summed E-state index contributed by atoms with van der Waals surface area (Å²) in [6.07, 6.45) is 1.54. The van der Waals surface area contributed by atoms with Gasteiger partial charge >= 0.3 is 0 Å². The third-order valence-corrected chi connectivity index (χ3v) is 2.36. The van der Waals surface area contributed by atoms with E-state index >= 15 is 0 Å². The van der Waals surface area contributed by atoms with Crippen LogP contribution in [0.3, 0.4) is 0 Å². The highest BCUT2D eigenvalue weighted by Gasteiger charge is 2.14. The number of amides is 1. The number of tetrazole rings is 1. The Labute approximate surface area is 88.8 Å². The molecule has 15 heavy (non-hydrogen) atoms. The Morgan fingerprint density at radius 3 is 2.80 bits per heavy atom. The summed E-state index contributed by atoms with van der Waals surface area (Å²) >= 11 is 0. The molecule has 6 nitrogen and oxygen atoms in total. The van der Waals surface area contributed by atoms with E-state index in [9.17, 15) is 4.79 Å². The summed E-state index contributed by atoms with van der Waals surface area (Å²) in [6.45, 7) is 5.96. The lowest BCUT2D eigenvalue weighted by molar-refractivity contribution is -0.122. The van der Waals surface area contributed by atoms with Crippen molar-refractivity contribution in [3.63, 3.8) is 0 Å². The summed E-state index contributed by atoms with van der Waals surface area (Å²) in [5.74, 6) is 0.941. The fourth-order valence-electron chi connectivity index (χ4n) is 1.18. The highest BCUT2D eigenvalue weighted by Crippen LogP contribution is 2.08. The van der Waals surface area contributed by atoms with Crippen molar-refractivity contribution in [2.45, 2.75) is 39.7 Å². The standard InChI is InChI=1S/C9H17N5O/c1-4-6(2)5-8(15)10-7(3)9-11-13-14-12-9/h6-7H,4-5H2,1-3H3,(H,10,15)(H,11,12,13,14). The number of nitrogens with zero attached hydrogens (tertiary/aromatic N) is 3. The van der Waals surface area contributed by atoms with Gasteiger partial charge in [0.25, 0.3) is 0 Å². The third-order valence-electron chi connectivity index (χ3n) is 2.36. The molecule has 0 spiro atoms. The Hall–Kier alpha value is -1.46. The molecule has 0 aliphatic rings. The SMILES string of the molecule is CCC(C)CC(=O)NC(C)c1nn[nH]n1. The maximum atomic E-state index is 11.5. The fourth-order valence-corrected chi connectivity index (χ4v) is 1.18. The summed E-state index contributed by atoms with van der Waals surface area (Å²) in [5, 5.41) is 16.2. The maximum absolute atomic E-state index is 11.5. The lowest BCUT2D eigenvalue weighted by Gasteiger charge is -2.12. The zero-order valence-corrected chi connectivity index (χ0v) is 9.32. The van der Waals surface area contributed by atoms with E-state index in [4.69, 9.17) is 0 Å². The van der Waals surface area contributed by atoms with E-state index in [0.29, 0.717) is 18.2 Å². The average Bonchev–Trinajstić information content (AvgIpc) is 2.70. The minimum Gasteiger partial charge on any atom is -0.346 e. The van der Waals surface area contributed by atoms with E-state index in [1.165, 1.54) is 0 Å². The molecular weight excluding hydrogens is 194 g/mol. The van der Waals surface area contributed by atoms with E-state index in [-0.39, 0.29) is 11.9 Å². The molecule has 0 fully saturated rings. The Morgan fingerprint density at radius 2 is 2.27 bits per heavy atom. The van der Waals surface area contributed by atoms with Crippen LogP contribution in [-0.2, 0) is 4.79 Å². The van der Waals surface area contributed by atoms with Crippen LogP contribution in [0.25, 0.3) is 0 Å². The second-order valence-corrected chi connectivity index (χ2v) is 3.78. The summed E-state index contributed by atoms with van der Waals surface area (Å²) in [5.41, 5.74) is 0. The zero-order valence-electron chi connectivity index (χ0n) is 9.32. The first-order valence-electron chi connectivity index (χ1n) is 5.16. The van der Waals surface area contributed by atoms with Crippen LogP contribution in [0, 0.1) is 5.92 Å². The summed E-state index contributed by atoms with van der Waals surface area (Å²) in [6, 6.07) is -0.194. The van der Waals surface area contributed by atoms with Crippen LogP contribution < -0.4 is 5.32 Å². The van der Waals surface area contributed by atoms with Crippen molar-refractivity contribution in [3.8, 4) is 0 Å². The van der Waals surface area contributed by atoms with Crippen LogP contribution in [0.1, 0.15) is 45.5 Å². The first-order valence-corrected chi connectivity index (χ1v) is 5.16. The molecule has 0 bridgehead atoms. The van der Waals surface area contributed by atoms with Gasteiger partial charge in [-0.3, -0.25) is 4.79 Å². The van der Waals surface area contributed by atoms with Crippen LogP contribution in [-0.4, -0.2) is 26.5 Å². The summed E-state index contributed by atoms with van der Waals surface area (Å²) in [4.78, 5) is 11.5. The molecule has 0 saturated carbocycles. The van der Waals surface area contributed by atoms with Crippen molar-refractivity contribution in [2.75, 3.05) is 0 Å². The van der Waals surface area contributed by atoms with Crippen molar-refractivity contribution < 1.29 is 4.79 Å². The Bertz CT molecular complexity index is 297. The molecule has 0 radical (unpaired) electrons. The number of rotatable bonds is 5. The highest BCUT2D eigenvalue weighted by atomic mass is 16.1. The molecular formula is C9H17N5O. The first kappa shape index (κ1) is 11.6. The van der Waals surface area contributed by atoms with Crippen molar-refractivity contribution in [3.05, 3.63) is 5.82 Å². The van der Waals surface area contributed by atoms with Crippen molar-refractivity contribution >= 4 is 5.91 Å². The predicted molar refractivity (Wildman–Crippen MR) is 54.8 cm³/mol. The van der Waals surface area contributed by atoms with E-state index in [0.717, 1.165) is 6.42 Å². The van der Waals surface area contributed by atoms with Gasteiger partial charge in [0.2, 0.25) is 5.91 Å². The number of aromatic amines is 1. The van der Waals surface area contributed by atoms with Gasteiger partial charge in [0.05, 0.1) is 6.04 Å². The summed E-state index contributed by atoms with van der Waals surface area (Å²) in [7, 11) is 0. The fraction of sp³-hybridized carbons (Fsp3) is 0.778. The molecule has 0 aliphatic heterocycles. The average molecular weight is 211 g/mol. The Morgan fingerprint density at radius 1 is 1.53 bits per heavy atom. The van der Waals surface area contributed by atoms with E-state index in [1.807, 2.05) is 6.92 Å². The van der Waals surface area contributed by atoms with Gasteiger partial charge in [0.1, 0.15) is 0 Å². The van der Waals surface area contributed by atoms with Gasteiger partial charge < -0.3 is 5.32 Å². The van der Waals surface area contributed by atoms with Crippen LogP contribution in [0.5, 0.6) is 0 Å².